The van der Waals surface area contributed by atoms with E-state index < -0.39 is 0 Å². The number of aromatic nitrogens is 2. The first-order valence-corrected chi connectivity index (χ1v) is 6.15. The summed E-state index contributed by atoms with van der Waals surface area (Å²) < 4.78 is 12.4. The molecular weight excluding hydrogens is 218 g/mol. The van der Waals surface area contributed by atoms with Crippen LogP contribution in [0.15, 0.2) is 12.5 Å². The zero-order valence-electron chi connectivity index (χ0n) is 10.8. The third-order valence-corrected chi connectivity index (χ3v) is 2.52. The van der Waals surface area contributed by atoms with E-state index in [2.05, 4.69) is 21.8 Å². The Morgan fingerprint density at radius 2 is 2.24 bits per heavy atom. The molecule has 1 heterocycles. The minimum Gasteiger partial charge on any atom is -0.382 e. The number of methoxy groups -OCH3 is 1. The van der Waals surface area contributed by atoms with Gasteiger partial charge in [-0.3, -0.25) is 0 Å². The lowest BCUT2D eigenvalue weighted by Gasteiger charge is -2.07. The van der Waals surface area contributed by atoms with Crippen molar-refractivity contribution < 1.29 is 9.47 Å². The molecule has 0 radical (unpaired) electrons. The van der Waals surface area contributed by atoms with Crippen molar-refractivity contribution in [1.82, 2.24) is 14.9 Å². The fourth-order valence-corrected chi connectivity index (χ4v) is 1.54. The molecule has 1 aromatic heterocycles. The van der Waals surface area contributed by atoms with Crippen LogP contribution in [0.1, 0.15) is 19.0 Å². The number of rotatable bonds is 10. The lowest BCUT2D eigenvalue weighted by molar-refractivity contribution is 0.0694. The lowest BCUT2D eigenvalue weighted by Crippen LogP contribution is -2.18. The van der Waals surface area contributed by atoms with Crippen molar-refractivity contribution >= 4 is 0 Å². The molecule has 0 aliphatic rings. The fraction of sp³-hybridized carbons (Fsp3) is 0.750. The first kappa shape index (κ1) is 14.2. The van der Waals surface area contributed by atoms with Crippen LogP contribution in [-0.2, 0) is 22.6 Å². The number of nitrogens with zero attached hydrogens (tertiary/aromatic N) is 2. The maximum Gasteiger partial charge on any atom is 0.0948 e. The van der Waals surface area contributed by atoms with Crippen LogP contribution in [-0.4, -0.2) is 43.0 Å². The average molecular weight is 241 g/mol. The van der Waals surface area contributed by atoms with E-state index in [0.717, 1.165) is 32.7 Å². The summed E-state index contributed by atoms with van der Waals surface area (Å²) in [5.74, 6) is 0. The number of hydrogen-bond donors (Lipinski definition) is 1. The maximum atomic E-state index is 5.37. The minimum absolute atomic E-state index is 0.670. The van der Waals surface area contributed by atoms with Gasteiger partial charge < -0.3 is 19.4 Å². The summed E-state index contributed by atoms with van der Waals surface area (Å²) in [6.07, 6.45) is 4.79. The molecule has 0 spiro atoms. The molecule has 0 aromatic carbocycles. The van der Waals surface area contributed by atoms with Gasteiger partial charge in [0, 0.05) is 33.0 Å². The van der Waals surface area contributed by atoms with Crippen molar-refractivity contribution in [2.24, 2.45) is 0 Å². The Kier molecular flexibility index (Phi) is 7.62. The van der Waals surface area contributed by atoms with Crippen molar-refractivity contribution in [2.45, 2.75) is 26.4 Å². The summed E-state index contributed by atoms with van der Waals surface area (Å²) in [4.78, 5) is 4.13. The molecule has 0 saturated carbocycles. The Labute approximate surface area is 103 Å². The third-order valence-electron chi connectivity index (χ3n) is 2.52. The predicted octanol–water partition coefficient (Wildman–Crippen LogP) is 1.05. The molecule has 0 atom stereocenters. The van der Waals surface area contributed by atoms with Crippen LogP contribution in [0, 0.1) is 0 Å². The van der Waals surface area contributed by atoms with Gasteiger partial charge in [-0.15, -0.1) is 0 Å². The molecule has 0 saturated heterocycles. The van der Waals surface area contributed by atoms with Crippen LogP contribution < -0.4 is 5.32 Å². The highest BCUT2D eigenvalue weighted by Crippen LogP contribution is 1.98. The van der Waals surface area contributed by atoms with Crippen molar-refractivity contribution in [3.05, 3.63) is 18.2 Å². The molecule has 17 heavy (non-hydrogen) atoms. The second kappa shape index (κ2) is 9.15. The quantitative estimate of drug-likeness (QED) is 0.622. The van der Waals surface area contributed by atoms with Crippen LogP contribution in [0.4, 0.5) is 0 Å². The molecule has 0 unspecified atom stereocenters. The molecule has 1 N–H and O–H groups in total. The highest BCUT2D eigenvalue weighted by atomic mass is 16.5. The molecular formula is C12H23N3O2. The molecule has 98 valence electrons. The minimum atomic E-state index is 0.670. The van der Waals surface area contributed by atoms with Gasteiger partial charge in [0.1, 0.15) is 0 Å². The standard InChI is InChI=1S/C12H23N3O2/c1-3-15-11-14-10-12(15)9-13-5-4-6-17-8-7-16-2/h10-11,13H,3-9H2,1-2H3. The molecule has 0 bridgehead atoms. The van der Waals surface area contributed by atoms with E-state index >= 15 is 0 Å². The lowest BCUT2D eigenvalue weighted by atomic mass is 10.4. The van der Waals surface area contributed by atoms with Gasteiger partial charge in [0.25, 0.3) is 0 Å². The number of ether oxygens (including phenoxy) is 2. The van der Waals surface area contributed by atoms with Gasteiger partial charge in [-0.05, 0) is 19.9 Å². The molecule has 0 aliphatic carbocycles. The Bertz CT molecular complexity index is 289. The van der Waals surface area contributed by atoms with E-state index in [4.69, 9.17) is 9.47 Å². The Hall–Kier alpha value is -0.910. The normalized spacial score (nSPS) is 10.9. The van der Waals surface area contributed by atoms with Crippen LogP contribution in [0.3, 0.4) is 0 Å². The third kappa shape index (κ3) is 5.81. The van der Waals surface area contributed by atoms with Crippen LogP contribution in [0.5, 0.6) is 0 Å². The molecule has 1 rings (SSSR count). The first-order valence-electron chi connectivity index (χ1n) is 6.15. The van der Waals surface area contributed by atoms with Crippen molar-refractivity contribution in [1.29, 1.82) is 0 Å². The van der Waals surface area contributed by atoms with Crippen molar-refractivity contribution in [2.75, 3.05) is 33.5 Å². The van der Waals surface area contributed by atoms with Gasteiger partial charge in [0.15, 0.2) is 0 Å². The number of nitrogens with one attached hydrogen (secondary N) is 1. The summed E-state index contributed by atoms with van der Waals surface area (Å²) in [6.45, 7) is 7.05. The molecule has 1 aromatic rings. The van der Waals surface area contributed by atoms with Gasteiger partial charge in [-0.25, -0.2) is 4.98 Å². The summed E-state index contributed by atoms with van der Waals surface area (Å²) in [6, 6.07) is 0. The van der Waals surface area contributed by atoms with E-state index in [0.29, 0.717) is 13.2 Å². The average Bonchev–Trinajstić information content (AvgIpc) is 2.80. The van der Waals surface area contributed by atoms with E-state index in [9.17, 15) is 0 Å². The van der Waals surface area contributed by atoms with Gasteiger partial charge >= 0.3 is 0 Å². The SMILES string of the molecule is CCn1cncc1CNCCCOCCOC. The van der Waals surface area contributed by atoms with Crippen molar-refractivity contribution in [3.63, 3.8) is 0 Å². The molecule has 0 fully saturated rings. The molecule has 0 aliphatic heterocycles. The predicted molar refractivity (Wildman–Crippen MR) is 66.9 cm³/mol. The van der Waals surface area contributed by atoms with E-state index in [1.807, 2.05) is 12.5 Å². The van der Waals surface area contributed by atoms with Gasteiger partial charge in [-0.2, -0.15) is 0 Å². The largest absolute Gasteiger partial charge is 0.382 e. The second-order valence-corrected chi connectivity index (χ2v) is 3.81. The van der Waals surface area contributed by atoms with Crippen LogP contribution >= 0.6 is 0 Å². The van der Waals surface area contributed by atoms with Crippen molar-refractivity contribution in [3.8, 4) is 0 Å². The Morgan fingerprint density at radius 1 is 1.35 bits per heavy atom. The van der Waals surface area contributed by atoms with Crippen LogP contribution in [0.25, 0.3) is 0 Å². The number of aryl methyl sites for hydroxylation is 1. The highest BCUT2D eigenvalue weighted by Gasteiger charge is 1.98. The van der Waals surface area contributed by atoms with Crippen LogP contribution in [0.2, 0.25) is 0 Å². The zero-order chi connectivity index (χ0) is 12.3. The molecule has 5 heteroatoms. The van der Waals surface area contributed by atoms with Gasteiger partial charge in [-0.1, -0.05) is 0 Å². The van der Waals surface area contributed by atoms with Gasteiger partial charge in [0.05, 0.1) is 25.2 Å². The highest BCUT2D eigenvalue weighted by molar-refractivity contribution is 4.97. The topological polar surface area (TPSA) is 48.3 Å². The summed E-state index contributed by atoms with van der Waals surface area (Å²) in [5, 5.41) is 3.38. The Morgan fingerprint density at radius 3 is 3.00 bits per heavy atom. The van der Waals surface area contributed by atoms with E-state index in [-0.39, 0.29) is 0 Å². The zero-order valence-corrected chi connectivity index (χ0v) is 10.8. The maximum absolute atomic E-state index is 5.37. The monoisotopic (exact) mass is 241 g/mol. The second-order valence-electron chi connectivity index (χ2n) is 3.81. The summed E-state index contributed by atoms with van der Waals surface area (Å²) in [5.41, 5.74) is 1.23. The first-order chi connectivity index (χ1) is 8.38. The summed E-state index contributed by atoms with van der Waals surface area (Å²) in [7, 11) is 1.68. The van der Waals surface area contributed by atoms with E-state index in [1.165, 1.54) is 5.69 Å². The number of hydrogen-bond acceptors (Lipinski definition) is 4. The Balaban J connectivity index is 1.97. The smallest absolute Gasteiger partial charge is 0.0948 e. The van der Waals surface area contributed by atoms with E-state index in [1.54, 1.807) is 7.11 Å². The molecule has 5 nitrogen and oxygen atoms in total. The summed E-state index contributed by atoms with van der Waals surface area (Å²) >= 11 is 0. The fourth-order valence-electron chi connectivity index (χ4n) is 1.54. The van der Waals surface area contributed by atoms with Gasteiger partial charge in [0.2, 0.25) is 0 Å². The number of imidazole rings is 1. The molecule has 0 amide bonds.